The SMILES string of the molecule is CCOc1cc(F)c(N2CCC(=O)CC2)cc1F. The predicted molar refractivity (Wildman–Crippen MR) is 64.0 cm³/mol. The molecule has 0 saturated carbocycles. The van der Waals surface area contributed by atoms with E-state index in [9.17, 15) is 13.6 Å². The Bertz CT molecular complexity index is 453. The van der Waals surface area contributed by atoms with E-state index in [1.54, 1.807) is 11.8 Å². The standard InChI is InChI=1S/C13H15F2NO2/c1-2-18-13-8-10(14)12(7-11(13)15)16-5-3-9(17)4-6-16/h7-8H,2-6H2,1H3. The van der Waals surface area contributed by atoms with Crippen molar-refractivity contribution in [3.63, 3.8) is 0 Å². The zero-order valence-electron chi connectivity index (χ0n) is 10.2. The molecule has 0 amide bonds. The number of halogens is 2. The van der Waals surface area contributed by atoms with Crippen molar-refractivity contribution in [3.8, 4) is 5.75 Å². The summed E-state index contributed by atoms with van der Waals surface area (Å²) in [6.07, 6.45) is 0.766. The molecule has 1 saturated heterocycles. The fourth-order valence-corrected chi connectivity index (χ4v) is 2.02. The van der Waals surface area contributed by atoms with E-state index in [1.807, 2.05) is 0 Å². The van der Waals surface area contributed by atoms with Gasteiger partial charge < -0.3 is 9.64 Å². The van der Waals surface area contributed by atoms with Gasteiger partial charge in [-0.05, 0) is 6.92 Å². The molecule has 18 heavy (non-hydrogen) atoms. The van der Waals surface area contributed by atoms with Crippen LogP contribution in [0.1, 0.15) is 19.8 Å². The van der Waals surface area contributed by atoms with Crippen molar-refractivity contribution in [2.45, 2.75) is 19.8 Å². The summed E-state index contributed by atoms with van der Waals surface area (Å²) in [5, 5.41) is 0. The average molecular weight is 255 g/mol. The maximum absolute atomic E-state index is 13.9. The number of hydrogen-bond donors (Lipinski definition) is 0. The number of Topliss-reactive ketones (excluding diaryl/α,β-unsaturated/α-hetero) is 1. The lowest BCUT2D eigenvalue weighted by Crippen LogP contribution is -2.34. The molecule has 1 aliphatic rings. The van der Waals surface area contributed by atoms with E-state index in [2.05, 4.69) is 0 Å². The molecule has 5 heteroatoms. The first-order valence-corrected chi connectivity index (χ1v) is 6.00. The predicted octanol–water partition coefficient (Wildman–Crippen LogP) is 2.53. The van der Waals surface area contributed by atoms with E-state index < -0.39 is 11.6 Å². The molecule has 1 fully saturated rings. The molecule has 0 N–H and O–H groups in total. The Labute approximate surface area is 104 Å². The van der Waals surface area contributed by atoms with E-state index in [-0.39, 0.29) is 23.8 Å². The summed E-state index contributed by atoms with van der Waals surface area (Å²) in [7, 11) is 0. The van der Waals surface area contributed by atoms with Gasteiger partial charge in [-0.25, -0.2) is 8.78 Å². The molecule has 2 rings (SSSR count). The van der Waals surface area contributed by atoms with Crippen molar-refractivity contribution in [3.05, 3.63) is 23.8 Å². The summed E-state index contributed by atoms with van der Waals surface area (Å²) in [6, 6.07) is 2.20. The maximum atomic E-state index is 13.9. The Morgan fingerprint density at radius 2 is 1.89 bits per heavy atom. The van der Waals surface area contributed by atoms with E-state index >= 15 is 0 Å². The highest BCUT2D eigenvalue weighted by Crippen LogP contribution is 2.29. The van der Waals surface area contributed by atoms with Gasteiger partial charge in [-0.1, -0.05) is 0 Å². The number of piperidine rings is 1. The second-order valence-corrected chi connectivity index (χ2v) is 4.19. The molecule has 1 heterocycles. The highest BCUT2D eigenvalue weighted by molar-refractivity contribution is 5.81. The molecule has 0 unspecified atom stereocenters. The molecule has 0 aliphatic carbocycles. The van der Waals surface area contributed by atoms with Crippen LogP contribution >= 0.6 is 0 Å². The Morgan fingerprint density at radius 3 is 2.50 bits per heavy atom. The lowest BCUT2D eigenvalue weighted by molar-refractivity contribution is -0.119. The third-order valence-corrected chi connectivity index (χ3v) is 2.96. The number of carbonyl (C=O) groups excluding carboxylic acids is 1. The Morgan fingerprint density at radius 1 is 1.22 bits per heavy atom. The van der Waals surface area contributed by atoms with E-state index in [0.29, 0.717) is 25.9 Å². The van der Waals surface area contributed by atoms with Gasteiger partial charge in [-0.15, -0.1) is 0 Å². The van der Waals surface area contributed by atoms with Crippen molar-refractivity contribution in [1.82, 2.24) is 0 Å². The molecular formula is C13H15F2NO2. The minimum atomic E-state index is -0.579. The summed E-state index contributed by atoms with van der Waals surface area (Å²) in [4.78, 5) is 12.8. The van der Waals surface area contributed by atoms with Gasteiger partial charge in [0.25, 0.3) is 0 Å². The van der Waals surface area contributed by atoms with Crippen LogP contribution in [-0.4, -0.2) is 25.5 Å². The van der Waals surface area contributed by atoms with Gasteiger partial charge in [-0.2, -0.15) is 0 Å². The molecular weight excluding hydrogens is 240 g/mol. The number of ether oxygens (including phenoxy) is 1. The van der Waals surface area contributed by atoms with Crippen LogP contribution in [0.25, 0.3) is 0 Å². The fourth-order valence-electron chi connectivity index (χ4n) is 2.02. The molecule has 98 valence electrons. The molecule has 0 spiro atoms. The number of nitrogens with zero attached hydrogens (tertiary/aromatic N) is 1. The summed E-state index contributed by atoms with van der Waals surface area (Å²) in [5.74, 6) is -1.01. The highest BCUT2D eigenvalue weighted by atomic mass is 19.1. The Hall–Kier alpha value is -1.65. The summed E-state index contributed by atoms with van der Waals surface area (Å²) in [6.45, 7) is 2.86. The van der Waals surface area contributed by atoms with Crippen LogP contribution in [0.2, 0.25) is 0 Å². The van der Waals surface area contributed by atoms with Gasteiger partial charge in [0.2, 0.25) is 0 Å². The minimum Gasteiger partial charge on any atom is -0.491 e. The molecule has 0 radical (unpaired) electrons. The molecule has 1 aliphatic heterocycles. The largest absolute Gasteiger partial charge is 0.491 e. The molecule has 1 aromatic carbocycles. The molecule has 0 atom stereocenters. The fraction of sp³-hybridized carbons (Fsp3) is 0.462. The number of anilines is 1. The molecule has 0 aromatic heterocycles. The zero-order chi connectivity index (χ0) is 13.1. The molecule has 3 nitrogen and oxygen atoms in total. The van der Waals surface area contributed by atoms with Crippen LogP contribution in [0, 0.1) is 11.6 Å². The zero-order valence-corrected chi connectivity index (χ0v) is 10.2. The third-order valence-electron chi connectivity index (χ3n) is 2.96. The van der Waals surface area contributed by atoms with Crippen LogP contribution in [0.3, 0.4) is 0 Å². The first-order valence-electron chi connectivity index (χ1n) is 6.00. The first kappa shape index (κ1) is 12.8. The van der Waals surface area contributed by atoms with Gasteiger partial charge in [0, 0.05) is 38.1 Å². The van der Waals surface area contributed by atoms with Crippen LogP contribution in [0.4, 0.5) is 14.5 Å². The monoisotopic (exact) mass is 255 g/mol. The smallest absolute Gasteiger partial charge is 0.167 e. The van der Waals surface area contributed by atoms with Crippen molar-refractivity contribution < 1.29 is 18.3 Å². The second-order valence-electron chi connectivity index (χ2n) is 4.19. The van der Waals surface area contributed by atoms with Crippen molar-refractivity contribution >= 4 is 11.5 Å². The lowest BCUT2D eigenvalue weighted by atomic mass is 10.1. The van der Waals surface area contributed by atoms with Crippen molar-refractivity contribution in [1.29, 1.82) is 0 Å². The molecule has 1 aromatic rings. The number of rotatable bonds is 3. The minimum absolute atomic E-state index is 0.0770. The topological polar surface area (TPSA) is 29.5 Å². The van der Waals surface area contributed by atoms with Gasteiger partial charge in [0.05, 0.1) is 12.3 Å². The number of carbonyl (C=O) groups is 1. The third kappa shape index (κ3) is 2.60. The van der Waals surface area contributed by atoms with Gasteiger partial charge in [0.1, 0.15) is 11.6 Å². The average Bonchev–Trinajstić information content (AvgIpc) is 2.35. The number of hydrogen-bond acceptors (Lipinski definition) is 3. The summed E-state index contributed by atoms with van der Waals surface area (Å²) in [5.41, 5.74) is 0.198. The summed E-state index contributed by atoms with van der Waals surface area (Å²) >= 11 is 0. The highest BCUT2D eigenvalue weighted by Gasteiger charge is 2.21. The maximum Gasteiger partial charge on any atom is 0.167 e. The normalized spacial score (nSPS) is 15.9. The van der Waals surface area contributed by atoms with Crippen LogP contribution in [-0.2, 0) is 4.79 Å². The lowest BCUT2D eigenvalue weighted by Gasteiger charge is -2.28. The Balaban J connectivity index is 2.23. The molecule has 0 bridgehead atoms. The summed E-state index contributed by atoms with van der Waals surface area (Å²) < 4.78 is 32.5. The first-order chi connectivity index (χ1) is 8.61. The van der Waals surface area contributed by atoms with Gasteiger partial charge in [-0.3, -0.25) is 4.79 Å². The van der Waals surface area contributed by atoms with Crippen molar-refractivity contribution in [2.24, 2.45) is 0 Å². The number of benzene rings is 1. The van der Waals surface area contributed by atoms with E-state index in [1.165, 1.54) is 0 Å². The van der Waals surface area contributed by atoms with Crippen LogP contribution in [0.15, 0.2) is 12.1 Å². The van der Waals surface area contributed by atoms with Crippen molar-refractivity contribution in [2.75, 3.05) is 24.6 Å². The second kappa shape index (κ2) is 5.33. The van der Waals surface area contributed by atoms with Crippen LogP contribution in [0.5, 0.6) is 5.75 Å². The Kier molecular flexibility index (Phi) is 3.79. The van der Waals surface area contributed by atoms with E-state index in [4.69, 9.17) is 4.74 Å². The van der Waals surface area contributed by atoms with Crippen LogP contribution < -0.4 is 9.64 Å². The quantitative estimate of drug-likeness (QED) is 0.831. The van der Waals surface area contributed by atoms with Gasteiger partial charge in [0.15, 0.2) is 11.6 Å². The number of ketones is 1. The van der Waals surface area contributed by atoms with Gasteiger partial charge >= 0.3 is 0 Å². The van der Waals surface area contributed by atoms with E-state index in [0.717, 1.165) is 12.1 Å².